The molecule has 0 spiro atoms. The summed E-state index contributed by atoms with van der Waals surface area (Å²) in [6, 6.07) is 5.42. The number of hydrogen-bond acceptors (Lipinski definition) is 5. The van der Waals surface area contributed by atoms with E-state index in [-0.39, 0.29) is 24.7 Å². The van der Waals surface area contributed by atoms with Crippen LogP contribution in [-0.2, 0) is 25.7 Å². The van der Waals surface area contributed by atoms with Crippen molar-refractivity contribution in [2.45, 2.75) is 26.8 Å². The number of amides is 1. The molecule has 0 aliphatic carbocycles. The zero-order chi connectivity index (χ0) is 15.8. The molecule has 0 aromatic carbocycles. The molecule has 1 rings (SSSR count). The van der Waals surface area contributed by atoms with Crippen molar-refractivity contribution >= 4 is 17.7 Å². The van der Waals surface area contributed by atoms with Gasteiger partial charge in [0.15, 0.2) is 0 Å². The molecule has 0 radical (unpaired) electrons. The lowest BCUT2D eigenvalue weighted by Crippen LogP contribution is -2.33. The van der Waals surface area contributed by atoms with E-state index in [1.165, 1.54) is 11.8 Å². The lowest BCUT2D eigenvalue weighted by Gasteiger charge is -2.19. The van der Waals surface area contributed by atoms with Crippen LogP contribution < -0.4 is 0 Å². The standard InChI is InChI=1S/C15H20N2O4/c1-4-21-15(20)13(11(2)18)9-14(19)17(3)10-12-7-5-6-8-16-12/h5-8,13H,4,9-10H2,1-3H3/t13-/m1/s1. The van der Waals surface area contributed by atoms with Gasteiger partial charge in [-0.15, -0.1) is 0 Å². The Hall–Kier alpha value is -2.24. The molecule has 6 heteroatoms. The van der Waals surface area contributed by atoms with Crippen molar-refractivity contribution in [1.82, 2.24) is 9.88 Å². The van der Waals surface area contributed by atoms with Gasteiger partial charge >= 0.3 is 5.97 Å². The van der Waals surface area contributed by atoms with Crippen LogP contribution in [0.5, 0.6) is 0 Å². The van der Waals surface area contributed by atoms with Gasteiger partial charge in [0.1, 0.15) is 11.7 Å². The number of nitrogens with zero attached hydrogens (tertiary/aromatic N) is 2. The summed E-state index contributed by atoms with van der Waals surface area (Å²) >= 11 is 0. The molecule has 21 heavy (non-hydrogen) atoms. The molecule has 0 bridgehead atoms. The summed E-state index contributed by atoms with van der Waals surface area (Å²) in [6.07, 6.45) is 1.46. The highest BCUT2D eigenvalue weighted by Gasteiger charge is 2.28. The van der Waals surface area contributed by atoms with Crippen LogP contribution in [0.4, 0.5) is 0 Å². The van der Waals surface area contributed by atoms with Crippen molar-refractivity contribution < 1.29 is 19.1 Å². The van der Waals surface area contributed by atoms with Crippen molar-refractivity contribution in [3.05, 3.63) is 30.1 Å². The fraction of sp³-hybridized carbons (Fsp3) is 0.467. The van der Waals surface area contributed by atoms with Gasteiger partial charge in [0.25, 0.3) is 0 Å². The van der Waals surface area contributed by atoms with E-state index in [0.717, 1.165) is 5.69 Å². The monoisotopic (exact) mass is 292 g/mol. The van der Waals surface area contributed by atoms with Crippen LogP contribution in [0.1, 0.15) is 26.0 Å². The van der Waals surface area contributed by atoms with Crippen molar-refractivity contribution in [1.29, 1.82) is 0 Å². The second-order valence-electron chi connectivity index (χ2n) is 4.69. The zero-order valence-corrected chi connectivity index (χ0v) is 12.5. The highest BCUT2D eigenvalue weighted by molar-refractivity contribution is 6.01. The molecule has 1 amide bonds. The molecule has 0 aliphatic rings. The van der Waals surface area contributed by atoms with Crippen molar-refractivity contribution in [2.75, 3.05) is 13.7 Å². The van der Waals surface area contributed by atoms with Gasteiger partial charge in [-0.25, -0.2) is 0 Å². The highest BCUT2D eigenvalue weighted by Crippen LogP contribution is 2.11. The summed E-state index contributed by atoms with van der Waals surface area (Å²) in [5.74, 6) is -2.35. The number of ketones is 1. The van der Waals surface area contributed by atoms with Crippen LogP contribution in [0.2, 0.25) is 0 Å². The van der Waals surface area contributed by atoms with Gasteiger partial charge in [-0.3, -0.25) is 19.4 Å². The van der Waals surface area contributed by atoms with Crippen LogP contribution in [0.3, 0.4) is 0 Å². The zero-order valence-electron chi connectivity index (χ0n) is 12.5. The van der Waals surface area contributed by atoms with Gasteiger partial charge in [0, 0.05) is 19.7 Å². The first-order valence-electron chi connectivity index (χ1n) is 6.76. The number of carbonyl (C=O) groups is 3. The molecule has 0 saturated carbocycles. The molecule has 1 atom stereocenters. The molecule has 6 nitrogen and oxygen atoms in total. The van der Waals surface area contributed by atoms with Crippen LogP contribution in [0.15, 0.2) is 24.4 Å². The number of esters is 1. The van der Waals surface area contributed by atoms with E-state index in [0.29, 0.717) is 6.54 Å². The van der Waals surface area contributed by atoms with Gasteiger partial charge in [-0.05, 0) is 26.0 Å². The minimum atomic E-state index is -1.04. The SMILES string of the molecule is CCOC(=O)[C@H](CC(=O)N(C)Cc1ccccn1)C(C)=O. The Kier molecular flexibility index (Phi) is 6.52. The molecular weight excluding hydrogens is 272 g/mol. The number of ether oxygens (including phenoxy) is 1. The quantitative estimate of drug-likeness (QED) is 0.557. The summed E-state index contributed by atoms with van der Waals surface area (Å²) in [5.41, 5.74) is 0.740. The summed E-state index contributed by atoms with van der Waals surface area (Å²) in [5, 5.41) is 0. The molecule has 0 saturated heterocycles. The van der Waals surface area contributed by atoms with Gasteiger partial charge in [0.05, 0.1) is 18.8 Å². The van der Waals surface area contributed by atoms with Gasteiger partial charge in [0.2, 0.25) is 5.91 Å². The topological polar surface area (TPSA) is 76.6 Å². The molecule has 114 valence electrons. The Morgan fingerprint density at radius 3 is 2.57 bits per heavy atom. The number of pyridine rings is 1. The van der Waals surface area contributed by atoms with Gasteiger partial charge < -0.3 is 9.64 Å². The van der Waals surface area contributed by atoms with Gasteiger partial charge in [-0.1, -0.05) is 6.07 Å². The number of aromatic nitrogens is 1. The van der Waals surface area contributed by atoms with E-state index in [1.807, 2.05) is 6.07 Å². The third kappa shape index (κ3) is 5.33. The second-order valence-corrected chi connectivity index (χ2v) is 4.69. The van der Waals surface area contributed by atoms with E-state index < -0.39 is 11.9 Å². The molecule has 0 N–H and O–H groups in total. The van der Waals surface area contributed by atoms with E-state index in [1.54, 1.807) is 32.3 Å². The Bertz CT molecular complexity index is 502. The minimum Gasteiger partial charge on any atom is -0.465 e. The highest BCUT2D eigenvalue weighted by atomic mass is 16.5. The maximum absolute atomic E-state index is 12.1. The third-order valence-electron chi connectivity index (χ3n) is 2.99. The predicted octanol–water partition coefficient (Wildman–Crippen LogP) is 1.20. The molecule has 1 aromatic heterocycles. The van der Waals surface area contributed by atoms with Crippen LogP contribution in [0.25, 0.3) is 0 Å². The fourth-order valence-corrected chi connectivity index (χ4v) is 1.79. The minimum absolute atomic E-state index is 0.181. The molecule has 0 unspecified atom stereocenters. The van der Waals surface area contributed by atoms with Crippen molar-refractivity contribution in [3.8, 4) is 0 Å². The maximum atomic E-state index is 12.1. The number of rotatable bonds is 7. The van der Waals surface area contributed by atoms with Crippen LogP contribution in [0, 0.1) is 5.92 Å². The number of Topliss-reactive ketones (excluding diaryl/α,β-unsaturated/α-hetero) is 1. The van der Waals surface area contributed by atoms with Crippen LogP contribution in [-0.4, -0.2) is 41.2 Å². The first kappa shape index (κ1) is 16.8. The average Bonchev–Trinajstić information content (AvgIpc) is 2.45. The normalized spacial score (nSPS) is 11.6. The first-order chi connectivity index (χ1) is 9.95. The first-order valence-corrected chi connectivity index (χ1v) is 6.76. The number of carbonyl (C=O) groups excluding carboxylic acids is 3. The molecule has 1 aromatic rings. The summed E-state index contributed by atoms with van der Waals surface area (Å²) in [6.45, 7) is 3.45. The maximum Gasteiger partial charge on any atom is 0.316 e. The van der Waals surface area contributed by atoms with E-state index >= 15 is 0 Å². The third-order valence-corrected chi connectivity index (χ3v) is 2.99. The Morgan fingerprint density at radius 2 is 2.05 bits per heavy atom. The van der Waals surface area contributed by atoms with E-state index in [9.17, 15) is 14.4 Å². The van der Waals surface area contributed by atoms with E-state index in [2.05, 4.69) is 4.98 Å². The Balaban J connectivity index is 2.64. The lowest BCUT2D eigenvalue weighted by atomic mass is 10.0. The lowest BCUT2D eigenvalue weighted by molar-refractivity contribution is -0.154. The Morgan fingerprint density at radius 1 is 1.33 bits per heavy atom. The van der Waals surface area contributed by atoms with Crippen molar-refractivity contribution in [2.24, 2.45) is 5.92 Å². The molecule has 0 aliphatic heterocycles. The predicted molar refractivity (Wildman–Crippen MR) is 76.1 cm³/mol. The second kappa shape index (κ2) is 8.14. The fourth-order valence-electron chi connectivity index (χ4n) is 1.79. The molecular formula is C15H20N2O4. The smallest absolute Gasteiger partial charge is 0.316 e. The molecule has 1 heterocycles. The summed E-state index contributed by atoms with van der Waals surface area (Å²) < 4.78 is 4.82. The van der Waals surface area contributed by atoms with Crippen LogP contribution >= 0.6 is 0 Å². The molecule has 0 fully saturated rings. The number of hydrogen-bond donors (Lipinski definition) is 0. The van der Waals surface area contributed by atoms with Gasteiger partial charge in [-0.2, -0.15) is 0 Å². The van der Waals surface area contributed by atoms with E-state index in [4.69, 9.17) is 4.74 Å². The largest absolute Gasteiger partial charge is 0.465 e. The average molecular weight is 292 g/mol. The van der Waals surface area contributed by atoms with Crippen molar-refractivity contribution in [3.63, 3.8) is 0 Å². The Labute approximate surface area is 124 Å². The summed E-state index contributed by atoms with van der Waals surface area (Å²) in [7, 11) is 1.61. The summed E-state index contributed by atoms with van der Waals surface area (Å²) in [4.78, 5) is 40.8.